The van der Waals surface area contributed by atoms with Crippen molar-refractivity contribution in [1.82, 2.24) is 0 Å². The first-order valence-electron chi connectivity index (χ1n) is 4.69. The van der Waals surface area contributed by atoms with Gasteiger partial charge in [-0.1, -0.05) is 0 Å². The highest BCUT2D eigenvalue weighted by molar-refractivity contribution is 5.93. The Morgan fingerprint density at radius 2 is 2.25 bits per heavy atom. The molecule has 0 spiro atoms. The van der Waals surface area contributed by atoms with Crippen LogP contribution < -0.4 is 0 Å². The highest BCUT2D eigenvalue weighted by Gasteiger charge is 2.36. The molecule has 12 heavy (non-hydrogen) atoms. The molecule has 0 aromatic rings. The largest absolute Gasteiger partial charge is 0.498 e. The predicted molar refractivity (Wildman–Crippen MR) is 45.5 cm³/mol. The topological polar surface area (TPSA) is 26.3 Å². The zero-order valence-corrected chi connectivity index (χ0v) is 7.38. The zero-order valence-electron chi connectivity index (χ0n) is 7.38. The zero-order chi connectivity index (χ0) is 8.55. The minimum Gasteiger partial charge on any atom is -0.498 e. The van der Waals surface area contributed by atoms with Gasteiger partial charge in [-0.2, -0.15) is 0 Å². The second-order valence-electron chi connectivity index (χ2n) is 3.59. The van der Waals surface area contributed by atoms with Gasteiger partial charge in [0.25, 0.3) is 0 Å². The summed E-state index contributed by atoms with van der Waals surface area (Å²) in [6, 6.07) is 0. The Kier molecular flexibility index (Phi) is 1.91. The van der Waals surface area contributed by atoms with Gasteiger partial charge >= 0.3 is 0 Å². The summed E-state index contributed by atoms with van der Waals surface area (Å²) < 4.78 is 5.42. The summed E-state index contributed by atoms with van der Waals surface area (Å²) in [5.74, 6) is 2.09. The molecule has 0 aromatic heterocycles. The van der Waals surface area contributed by atoms with Crippen molar-refractivity contribution >= 4 is 5.78 Å². The number of carbonyl (C=O) groups excluding carboxylic acids is 1. The lowest BCUT2D eigenvalue weighted by atomic mass is 9.93. The van der Waals surface area contributed by atoms with Gasteiger partial charge in [-0.3, -0.25) is 4.79 Å². The van der Waals surface area contributed by atoms with E-state index < -0.39 is 0 Å². The second kappa shape index (κ2) is 2.92. The van der Waals surface area contributed by atoms with Crippen LogP contribution in [0.25, 0.3) is 0 Å². The van der Waals surface area contributed by atoms with Crippen LogP contribution in [0, 0.1) is 11.8 Å². The Morgan fingerprint density at radius 3 is 3.00 bits per heavy atom. The maximum atomic E-state index is 11.4. The van der Waals surface area contributed by atoms with Crippen LogP contribution >= 0.6 is 0 Å². The van der Waals surface area contributed by atoms with Crippen LogP contribution in [0.15, 0.2) is 11.8 Å². The molecule has 2 heteroatoms. The first-order valence-corrected chi connectivity index (χ1v) is 4.69. The lowest BCUT2D eigenvalue weighted by Gasteiger charge is -2.19. The number of hydrogen-bond acceptors (Lipinski definition) is 2. The van der Waals surface area contributed by atoms with Gasteiger partial charge in [-0.25, -0.2) is 0 Å². The number of fused-ring (bicyclic) bond motifs is 2. The molecule has 2 aliphatic rings. The van der Waals surface area contributed by atoms with E-state index in [2.05, 4.69) is 0 Å². The molecule has 2 bridgehead atoms. The summed E-state index contributed by atoms with van der Waals surface area (Å²) in [5, 5.41) is 0. The quantitative estimate of drug-likeness (QED) is 0.626. The Bertz CT molecular complexity index is 230. The van der Waals surface area contributed by atoms with Crippen molar-refractivity contribution in [3.05, 3.63) is 11.8 Å². The summed E-state index contributed by atoms with van der Waals surface area (Å²) in [5.41, 5.74) is 0. The van der Waals surface area contributed by atoms with Gasteiger partial charge in [0.05, 0.1) is 6.61 Å². The fourth-order valence-corrected chi connectivity index (χ4v) is 2.20. The molecule has 0 aromatic carbocycles. The molecule has 2 aliphatic carbocycles. The third-order valence-electron chi connectivity index (χ3n) is 2.83. The van der Waals surface area contributed by atoms with Crippen molar-refractivity contribution in [2.24, 2.45) is 11.8 Å². The highest BCUT2D eigenvalue weighted by Crippen LogP contribution is 2.40. The summed E-state index contributed by atoms with van der Waals surface area (Å²) in [6.07, 6.45) is 4.96. The van der Waals surface area contributed by atoms with E-state index in [1.165, 1.54) is 0 Å². The number of rotatable bonds is 2. The summed E-state index contributed by atoms with van der Waals surface area (Å²) in [6.45, 7) is 2.65. The monoisotopic (exact) mass is 166 g/mol. The van der Waals surface area contributed by atoms with Crippen LogP contribution in [0.3, 0.4) is 0 Å². The van der Waals surface area contributed by atoms with Gasteiger partial charge in [0, 0.05) is 17.9 Å². The van der Waals surface area contributed by atoms with Crippen molar-refractivity contribution in [2.45, 2.75) is 26.2 Å². The molecule has 2 rings (SSSR count). The lowest BCUT2D eigenvalue weighted by molar-refractivity contribution is -0.118. The summed E-state index contributed by atoms with van der Waals surface area (Å²) in [4.78, 5) is 11.4. The Morgan fingerprint density at radius 1 is 1.50 bits per heavy atom. The number of hydrogen-bond donors (Lipinski definition) is 0. The Balaban J connectivity index is 2.17. The van der Waals surface area contributed by atoms with E-state index in [1.54, 1.807) is 6.08 Å². The van der Waals surface area contributed by atoms with Crippen molar-refractivity contribution in [2.75, 3.05) is 6.61 Å². The Labute approximate surface area is 72.6 Å². The number of allylic oxidation sites excluding steroid dienone is 2. The average Bonchev–Trinajstić information content (AvgIpc) is 2.46. The molecular formula is C10H14O2. The van der Waals surface area contributed by atoms with Gasteiger partial charge in [0.15, 0.2) is 5.78 Å². The SMILES string of the molecule is CCOC1=CC(=O)C2CCC1C2. The molecule has 0 saturated heterocycles. The molecule has 1 saturated carbocycles. The molecular weight excluding hydrogens is 152 g/mol. The van der Waals surface area contributed by atoms with Crippen molar-refractivity contribution in [1.29, 1.82) is 0 Å². The van der Waals surface area contributed by atoms with Gasteiger partial charge in [-0.05, 0) is 26.2 Å². The standard InChI is InChI=1S/C10H14O2/c1-2-12-10-6-9(11)7-3-4-8(10)5-7/h6-8H,2-5H2,1H3. The van der Waals surface area contributed by atoms with Crippen molar-refractivity contribution in [3.8, 4) is 0 Å². The fourth-order valence-electron chi connectivity index (χ4n) is 2.20. The number of ether oxygens (including phenoxy) is 1. The molecule has 2 nitrogen and oxygen atoms in total. The van der Waals surface area contributed by atoms with E-state index in [9.17, 15) is 4.79 Å². The minimum absolute atomic E-state index is 0.284. The average molecular weight is 166 g/mol. The van der Waals surface area contributed by atoms with Crippen LogP contribution in [0.4, 0.5) is 0 Å². The van der Waals surface area contributed by atoms with Crippen molar-refractivity contribution in [3.63, 3.8) is 0 Å². The van der Waals surface area contributed by atoms with E-state index in [1.807, 2.05) is 6.92 Å². The van der Waals surface area contributed by atoms with Crippen LogP contribution in [0.2, 0.25) is 0 Å². The molecule has 1 fully saturated rings. The van der Waals surface area contributed by atoms with Crippen LogP contribution in [0.5, 0.6) is 0 Å². The van der Waals surface area contributed by atoms with E-state index >= 15 is 0 Å². The number of ketones is 1. The van der Waals surface area contributed by atoms with Crippen LogP contribution in [0.1, 0.15) is 26.2 Å². The maximum Gasteiger partial charge on any atom is 0.162 e. The van der Waals surface area contributed by atoms with E-state index in [0.29, 0.717) is 18.4 Å². The summed E-state index contributed by atoms with van der Waals surface area (Å²) >= 11 is 0. The molecule has 0 aliphatic heterocycles. The van der Waals surface area contributed by atoms with Gasteiger partial charge in [0.2, 0.25) is 0 Å². The fraction of sp³-hybridized carbons (Fsp3) is 0.700. The van der Waals surface area contributed by atoms with Gasteiger partial charge in [-0.15, -0.1) is 0 Å². The first-order chi connectivity index (χ1) is 5.81. The minimum atomic E-state index is 0.284. The normalized spacial score (nSPS) is 33.4. The molecule has 2 unspecified atom stereocenters. The third-order valence-corrected chi connectivity index (χ3v) is 2.83. The third kappa shape index (κ3) is 1.15. The molecule has 0 heterocycles. The first kappa shape index (κ1) is 7.84. The lowest BCUT2D eigenvalue weighted by Crippen LogP contribution is -2.17. The molecule has 0 N–H and O–H groups in total. The van der Waals surface area contributed by atoms with Crippen LogP contribution in [-0.2, 0) is 9.53 Å². The van der Waals surface area contributed by atoms with Crippen LogP contribution in [-0.4, -0.2) is 12.4 Å². The van der Waals surface area contributed by atoms with Gasteiger partial charge < -0.3 is 4.74 Å². The Hall–Kier alpha value is -0.790. The molecule has 0 radical (unpaired) electrons. The van der Waals surface area contributed by atoms with E-state index in [4.69, 9.17) is 4.74 Å². The van der Waals surface area contributed by atoms with Gasteiger partial charge in [0.1, 0.15) is 5.76 Å². The predicted octanol–water partition coefficient (Wildman–Crippen LogP) is 1.91. The van der Waals surface area contributed by atoms with Crippen molar-refractivity contribution < 1.29 is 9.53 Å². The highest BCUT2D eigenvalue weighted by atomic mass is 16.5. The van der Waals surface area contributed by atoms with E-state index in [0.717, 1.165) is 25.0 Å². The van der Waals surface area contributed by atoms with E-state index in [-0.39, 0.29) is 5.78 Å². The second-order valence-corrected chi connectivity index (χ2v) is 3.59. The summed E-state index contributed by atoms with van der Waals surface area (Å²) in [7, 11) is 0. The molecule has 66 valence electrons. The smallest absolute Gasteiger partial charge is 0.162 e. The molecule has 0 amide bonds. The number of carbonyl (C=O) groups is 1. The maximum absolute atomic E-state index is 11.4. The molecule has 2 atom stereocenters.